The van der Waals surface area contributed by atoms with Crippen LogP contribution in [0.4, 0.5) is 9.59 Å². The first-order valence-electron chi connectivity index (χ1n) is 14.7. The highest BCUT2D eigenvalue weighted by molar-refractivity contribution is 8.03. The Bertz CT molecular complexity index is 1190. The van der Waals surface area contributed by atoms with Gasteiger partial charge in [-0.2, -0.15) is 0 Å². The first kappa shape index (κ1) is 33.3. The van der Waals surface area contributed by atoms with E-state index in [1.165, 1.54) is 33.7 Å². The van der Waals surface area contributed by atoms with Crippen LogP contribution in [0.25, 0.3) is 0 Å². The molecule has 0 aromatic rings. The molecule has 15 heteroatoms. The maximum absolute atomic E-state index is 13.3. The van der Waals surface area contributed by atoms with Gasteiger partial charge in [0.2, 0.25) is 11.8 Å². The van der Waals surface area contributed by atoms with Crippen molar-refractivity contribution in [1.29, 1.82) is 0 Å². The van der Waals surface area contributed by atoms with Gasteiger partial charge in [-0.05, 0) is 13.3 Å². The number of amides is 5. The Morgan fingerprint density at radius 1 is 1.11 bits per heavy atom. The standard InChI is InChI=1S/C29H41N5O9S/c1-5-11-42-27(38)23-24(17(3)22-21(18(4)35)26(37)34(22)23)44-19-15-20(33(16-19)29(40)43-12-6-2)25(36)30-7-8-31-28(39)32-9-13-41-14-10-32/h5-6,17-22,35H,1-2,7-16H2,3-4H3,(H,30,36)(H,31,39)/t17-,18-,19+,20+,21?,22?/m1/s1. The van der Waals surface area contributed by atoms with Crippen molar-refractivity contribution in [3.05, 3.63) is 35.9 Å². The Kier molecular flexibility index (Phi) is 11.3. The van der Waals surface area contributed by atoms with Crippen molar-refractivity contribution < 1.29 is 43.3 Å². The Morgan fingerprint density at radius 2 is 1.77 bits per heavy atom. The van der Waals surface area contributed by atoms with Crippen molar-refractivity contribution in [3.8, 4) is 0 Å². The molecule has 0 spiro atoms. The van der Waals surface area contributed by atoms with Gasteiger partial charge in [-0.25, -0.2) is 14.4 Å². The van der Waals surface area contributed by atoms with Gasteiger partial charge < -0.3 is 39.8 Å². The van der Waals surface area contributed by atoms with Crippen LogP contribution in [-0.4, -0.2) is 132 Å². The molecule has 44 heavy (non-hydrogen) atoms. The van der Waals surface area contributed by atoms with Crippen molar-refractivity contribution in [2.24, 2.45) is 11.8 Å². The van der Waals surface area contributed by atoms with Crippen LogP contribution in [-0.2, 0) is 28.6 Å². The molecule has 0 bridgehead atoms. The quantitative estimate of drug-likeness (QED) is 0.119. The lowest BCUT2D eigenvalue weighted by atomic mass is 9.79. The maximum Gasteiger partial charge on any atom is 0.410 e. The molecule has 6 atom stereocenters. The van der Waals surface area contributed by atoms with Crippen LogP contribution < -0.4 is 10.6 Å². The summed E-state index contributed by atoms with van der Waals surface area (Å²) in [6, 6.07) is -1.51. The molecule has 4 aliphatic heterocycles. The number of carbonyl (C=O) groups is 5. The summed E-state index contributed by atoms with van der Waals surface area (Å²) in [5.74, 6) is -2.37. The number of nitrogens with one attached hydrogen (secondary N) is 2. The molecule has 0 aromatic heterocycles. The fourth-order valence-electron chi connectivity index (χ4n) is 5.95. The van der Waals surface area contributed by atoms with Gasteiger partial charge in [0.25, 0.3) is 0 Å². The minimum absolute atomic E-state index is 0.0317. The monoisotopic (exact) mass is 635 g/mol. The average Bonchev–Trinajstić information content (AvgIpc) is 3.54. The number of morpholine rings is 1. The number of aliphatic hydroxyl groups is 1. The molecule has 0 saturated carbocycles. The van der Waals surface area contributed by atoms with Crippen molar-refractivity contribution in [2.75, 3.05) is 59.2 Å². The number of likely N-dealkylation sites (tertiary alicyclic amines) is 1. The molecular formula is C29H41N5O9S. The molecule has 4 aliphatic rings. The number of thioether (sulfide) groups is 1. The second-order valence-corrected chi connectivity index (χ2v) is 12.3. The zero-order valence-corrected chi connectivity index (χ0v) is 25.9. The largest absolute Gasteiger partial charge is 0.457 e. The predicted molar refractivity (Wildman–Crippen MR) is 160 cm³/mol. The molecular weight excluding hydrogens is 594 g/mol. The number of nitrogens with zero attached hydrogens (tertiary/aromatic N) is 3. The zero-order chi connectivity index (χ0) is 32.0. The van der Waals surface area contributed by atoms with Crippen LogP contribution in [0.2, 0.25) is 0 Å². The van der Waals surface area contributed by atoms with Gasteiger partial charge in [0.15, 0.2) is 0 Å². The van der Waals surface area contributed by atoms with E-state index in [0.717, 1.165) is 0 Å². The van der Waals surface area contributed by atoms with E-state index in [-0.39, 0.29) is 68.1 Å². The van der Waals surface area contributed by atoms with Gasteiger partial charge in [-0.3, -0.25) is 14.5 Å². The van der Waals surface area contributed by atoms with Crippen LogP contribution in [0.5, 0.6) is 0 Å². The molecule has 0 aliphatic carbocycles. The molecule has 3 saturated heterocycles. The topological polar surface area (TPSA) is 167 Å². The molecule has 3 N–H and O–H groups in total. The second-order valence-electron chi connectivity index (χ2n) is 11.0. The van der Waals surface area contributed by atoms with E-state index < -0.39 is 42.1 Å². The summed E-state index contributed by atoms with van der Waals surface area (Å²) < 4.78 is 15.8. The molecule has 3 fully saturated rings. The minimum Gasteiger partial charge on any atom is -0.457 e. The number of β-lactam (4-membered cyclic amide) rings is 1. The molecule has 0 aromatic carbocycles. The van der Waals surface area contributed by atoms with Crippen LogP contribution >= 0.6 is 11.8 Å². The normalized spacial score (nSPS) is 26.8. The molecule has 4 rings (SSSR count). The summed E-state index contributed by atoms with van der Waals surface area (Å²) >= 11 is 1.33. The lowest BCUT2D eigenvalue weighted by Gasteiger charge is -2.46. The number of rotatable bonds is 12. The number of hydrogen-bond donors (Lipinski definition) is 3. The number of hydrogen-bond acceptors (Lipinski definition) is 10. The summed E-state index contributed by atoms with van der Waals surface area (Å²) in [7, 11) is 0. The number of ether oxygens (including phenoxy) is 3. The van der Waals surface area contributed by atoms with Crippen molar-refractivity contribution in [1.82, 2.24) is 25.3 Å². The van der Waals surface area contributed by atoms with Gasteiger partial charge in [0, 0.05) is 48.8 Å². The minimum atomic E-state index is -0.894. The number of urea groups is 1. The van der Waals surface area contributed by atoms with Crippen molar-refractivity contribution in [3.63, 3.8) is 0 Å². The third-order valence-electron chi connectivity index (χ3n) is 8.05. The van der Waals surface area contributed by atoms with Crippen LogP contribution in [0, 0.1) is 11.8 Å². The van der Waals surface area contributed by atoms with Gasteiger partial charge in [-0.15, -0.1) is 11.8 Å². The van der Waals surface area contributed by atoms with Crippen LogP contribution in [0.15, 0.2) is 35.9 Å². The molecule has 4 heterocycles. The van der Waals surface area contributed by atoms with E-state index in [9.17, 15) is 29.1 Å². The third-order valence-corrected chi connectivity index (χ3v) is 9.54. The molecule has 0 radical (unpaired) electrons. The van der Waals surface area contributed by atoms with E-state index in [0.29, 0.717) is 31.2 Å². The Morgan fingerprint density at radius 3 is 2.43 bits per heavy atom. The lowest BCUT2D eigenvalue weighted by Crippen LogP contribution is -2.63. The molecule has 2 unspecified atom stereocenters. The van der Waals surface area contributed by atoms with Crippen molar-refractivity contribution in [2.45, 2.75) is 43.7 Å². The zero-order valence-electron chi connectivity index (χ0n) is 25.1. The van der Waals surface area contributed by atoms with E-state index in [4.69, 9.17) is 14.2 Å². The number of aliphatic hydroxyl groups excluding tert-OH is 1. The van der Waals surface area contributed by atoms with E-state index in [1.54, 1.807) is 11.8 Å². The maximum atomic E-state index is 13.3. The lowest BCUT2D eigenvalue weighted by molar-refractivity contribution is -0.164. The fraction of sp³-hybridized carbons (Fsp3) is 0.621. The van der Waals surface area contributed by atoms with Crippen LogP contribution in [0.3, 0.4) is 0 Å². The third kappa shape index (κ3) is 7.05. The summed E-state index contributed by atoms with van der Waals surface area (Å²) in [6.45, 7) is 12.9. The Hall–Kier alpha value is -3.56. The molecule has 5 amide bonds. The number of fused-ring (bicyclic) bond motifs is 1. The highest BCUT2D eigenvalue weighted by Gasteiger charge is 2.60. The van der Waals surface area contributed by atoms with Gasteiger partial charge in [-0.1, -0.05) is 32.2 Å². The molecule has 14 nitrogen and oxygen atoms in total. The van der Waals surface area contributed by atoms with E-state index in [1.807, 2.05) is 6.92 Å². The predicted octanol–water partition coefficient (Wildman–Crippen LogP) is 0.441. The fourth-order valence-corrected chi connectivity index (χ4v) is 7.47. The Balaban J connectivity index is 1.45. The SMILES string of the molecule is C=CCOC(=O)C1=C(S[C@H]2C[C@@H](C(=O)NCCNC(=O)N3CCOCC3)N(C(=O)OCC=C)C2)[C@H](C)C2C([C@@H](C)O)C(=O)N12. The smallest absolute Gasteiger partial charge is 0.410 e. The number of esters is 1. The highest BCUT2D eigenvalue weighted by Crippen LogP contribution is 2.52. The first-order chi connectivity index (χ1) is 21.1. The highest BCUT2D eigenvalue weighted by atomic mass is 32.2. The van der Waals surface area contributed by atoms with Gasteiger partial charge in [0.05, 0.1) is 31.3 Å². The summed E-state index contributed by atoms with van der Waals surface area (Å²) in [5, 5.41) is 15.5. The van der Waals surface area contributed by atoms with Crippen molar-refractivity contribution >= 4 is 41.7 Å². The second kappa shape index (κ2) is 14.9. The Labute approximate surface area is 260 Å². The van der Waals surface area contributed by atoms with E-state index >= 15 is 0 Å². The average molecular weight is 636 g/mol. The number of carbonyl (C=O) groups excluding carboxylic acids is 5. The summed E-state index contributed by atoms with van der Waals surface area (Å²) in [5.41, 5.74) is 0.126. The van der Waals surface area contributed by atoms with Gasteiger partial charge >= 0.3 is 18.1 Å². The summed E-state index contributed by atoms with van der Waals surface area (Å²) in [4.78, 5) is 69.6. The van der Waals surface area contributed by atoms with Crippen LogP contribution in [0.1, 0.15) is 20.3 Å². The van der Waals surface area contributed by atoms with E-state index in [2.05, 4.69) is 23.8 Å². The molecule has 242 valence electrons. The summed E-state index contributed by atoms with van der Waals surface area (Å²) in [6.07, 6.45) is 1.54. The first-order valence-corrected chi connectivity index (χ1v) is 15.6. The van der Waals surface area contributed by atoms with Gasteiger partial charge in [0.1, 0.15) is 25.0 Å².